The lowest BCUT2D eigenvalue weighted by Gasteiger charge is -2.23. The second kappa shape index (κ2) is 6.84. The maximum Gasteiger partial charge on any atom is 0.267 e. The third-order valence-electron chi connectivity index (χ3n) is 3.49. The molecule has 1 atom stereocenters. The van der Waals surface area contributed by atoms with Crippen molar-refractivity contribution in [2.45, 2.75) is 26.9 Å². The first-order chi connectivity index (χ1) is 10.4. The van der Waals surface area contributed by atoms with Crippen LogP contribution in [0.2, 0.25) is 5.02 Å². The van der Waals surface area contributed by atoms with E-state index in [0.717, 1.165) is 16.8 Å². The lowest BCUT2D eigenvalue weighted by atomic mass is 10.2. The summed E-state index contributed by atoms with van der Waals surface area (Å²) in [6.45, 7) is 5.69. The Morgan fingerprint density at radius 2 is 1.68 bits per heavy atom. The van der Waals surface area contributed by atoms with Gasteiger partial charge in [0.1, 0.15) is 5.75 Å². The van der Waals surface area contributed by atoms with Gasteiger partial charge >= 0.3 is 0 Å². The van der Waals surface area contributed by atoms with Gasteiger partial charge in [0, 0.05) is 12.7 Å². The van der Waals surface area contributed by atoms with Gasteiger partial charge in [-0.25, -0.2) is 0 Å². The quantitative estimate of drug-likeness (QED) is 0.837. The van der Waals surface area contributed by atoms with Crippen molar-refractivity contribution >= 4 is 23.2 Å². The SMILES string of the molecule is Cc1ccc(N(C)C(=O)C(C)Oc2cc(C)ccc2Cl)cc1. The molecule has 0 aliphatic carbocycles. The third-order valence-corrected chi connectivity index (χ3v) is 3.80. The zero-order chi connectivity index (χ0) is 16.3. The topological polar surface area (TPSA) is 29.5 Å². The molecule has 0 aromatic heterocycles. The molecular weight excluding hydrogens is 298 g/mol. The van der Waals surface area contributed by atoms with E-state index in [1.54, 1.807) is 24.9 Å². The summed E-state index contributed by atoms with van der Waals surface area (Å²) in [6, 6.07) is 13.3. The smallest absolute Gasteiger partial charge is 0.267 e. The van der Waals surface area contributed by atoms with E-state index in [9.17, 15) is 4.79 Å². The van der Waals surface area contributed by atoms with Gasteiger partial charge in [-0.15, -0.1) is 0 Å². The molecule has 1 amide bonds. The molecule has 2 aromatic carbocycles. The lowest BCUT2D eigenvalue weighted by molar-refractivity contribution is -0.124. The van der Waals surface area contributed by atoms with E-state index in [1.165, 1.54) is 0 Å². The number of nitrogens with zero attached hydrogens (tertiary/aromatic N) is 1. The first-order valence-corrected chi connectivity index (χ1v) is 7.53. The summed E-state index contributed by atoms with van der Waals surface area (Å²) < 4.78 is 5.73. The summed E-state index contributed by atoms with van der Waals surface area (Å²) in [5, 5.41) is 0.503. The Hall–Kier alpha value is -2.00. The van der Waals surface area contributed by atoms with Crippen LogP contribution in [-0.4, -0.2) is 19.1 Å². The molecule has 2 aromatic rings. The largest absolute Gasteiger partial charge is 0.479 e. The Balaban J connectivity index is 2.11. The van der Waals surface area contributed by atoms with Crippen LogP contribution in [-0.2, 0) is 4.79 Å². The van der Waals surface area contributed by atoms with Crippen LogP contribution < -0.4 is 9.64 Å². The standard InChI is InChI=1S/C18H20ClNO2/c1-12-5-8-15(9-6-12)20(4)18(21)14(3)22-17-11-13(2)7-10-16(17)19/h5-11,14H,1-4H3. The summed E-state index contributed by atoms with van der Waals surface area (Å²) >= 11 is 6.11. The predicted molar refractivity (Wildman–Crippen MR) is 90.9 cm³/mol. The Kier molecular flexibility index (Phi) is 5.09. The molecule has 0 bridgehead atoms. The number of carbonyl (C=O) groups is 1. The monoisotopic (exact) mass is 317 g/mol. The van der Waals surface area contributed by atoms with Gasteiger partial charge in [-0.2, -0.15) is 0 Å². The fraction of sp³-hybridized carbons (Fsp3) is 0.278. The second-order valence-corrected chi connectivity index (χ2v) is 5.83. The van der Waals surface area contributed by atoms with E-state index in [-0.39, 0.29) is 5.91 Å². The minimum absolute atomic E-state index is 0.124. The van der Waals surface area contributed by atoms with Gasteiger partial charge in [-0.1, -0.05) is 35.4 Å². The highest BCUT2D eigenvalue weighted by atomic mass is 35.5. The van der Waals surface area contributed by atoms with Crippen LogP contribution in [0.15, 0.2) is 42.5 Å². The van der Waals surface area contributed by atoms with Gasteiger partial charge in [0.25, 0.3) is 5.91 Å². The Labute approximate surface area is 136 Å². The van der Waals surface area contributed by atoms with Crippen LogP contribution in [0.25, 0.3) is 0 Å². The first-order valence-electron chi connectivity index (χ1n) is 7.15. The van der Waals surface area contributed by atoms with Crippen molar-refractivity contribution < 1.29 is 9.53 Å². The number of ether oxygens (including phenoxy) is 1. The maximum atomic E-state index is 12.5. The van der Waals surface area contributed by atoms with E-state index in [4.69, 9.17) is 16.3 Å². The van der Waals surface area contributed by atoms with Crippen molar-refractivity contribution in [1.29, 1.82) is 0 Å². The number of likely N-dealkylation sites (N-methyl/N-ethyl adjacent to an activating group) is 1. The molecule has 0 aliphatic heterocycles. The molecule has 0 saturated carbocycles. The minimum Gasteiger partial charge on any atom is -0.479 e. The number of amides is 1. The molecule has 3 nitrogen and oxygen atoms in total. The van der Waals surface area contributed by atoms with Crippen LogP contribution in [0.5, 0.6) is 5.75 Å². The molecule has 0 N–H and O–H groups in total. The van der Waals surface area contributed by atoms with Crippen molar-refractivity contribution in [3.63, 3.8) is 0 Å². The first kappa shape index (κ1) is 16.4. The summed E-state index contributed by atoms with van der Waals surface area (Å²) in [4.78, 5) is 14.1. The van der Waals surface area contributed by atoms with E-state index < -0.39 is 6.10 Å². The molecule has 0 saturated heterocycles. The van der Waals surface area contributed by atoms with Gasteiger partial charge in [0.15, 0.2) is 6.10 Å². The molecule has 1 unspecified atom stereocenters. The Morgan fingerprint density at radius 3 is 2.32 bits per heavy atom. The number of hydrogen-bond donors (Lipinski definition) is 0. The van der Waals surface area contributed by atoms with Crippen molar-refractivity contribution in [1.82, 2.24) is 0 Å². The highest BCUT2D eigenvalue weighted by Gasteiger charge is 2.21. The molecule has 22 heavy (non-hydrogen) atoms. The molecule has 0 heterocycles. The summed E-state index contributed by atoms with van der Waals surface area (Å²) in [6.07, 6.45) is -0.620. The number of halogens is 1. The number of benzene rings is 2. The zero-order valence-corrected chi connectivity index (χ0v) is 14.0. The average molecular weight is 318 g/mol. The normalized spacial score (nSPS) is 11.9. The van der Waals surface area contributed by atoms with Crippen LogP contribution >= 0.6 is 11.6 Å². The molecule has 0 fully saturated rings. The molecule has 0 radical (unpaired) electrons. The van der Waals surface area contributed by atoms with E-state index in [0.29, 0.717) is 10.8 Å². The van der Waals surface area contributed by atoms with Crippen LogP contribution in [0.4, 0.5) is 5.69 Å². The second-order valence-electron chi connectivity index (χ2n) is 5.43. The zero-order valence-electron chi connectivity index (χ0n) is 13.3. The third kappa shape index (κ3) is 3.80. The molecule has 0 aliphatic rings. The predicted octanol–water partition coefficient (Wildman–Crippen LogP) is 4.39. The van der Waals surface area contributed by atoms with Crippen molar-refractivity contribution in [3.8, 4) is 5.75 Å². The number of aryl methyl sites for hydroxylation is 2. The van der Waals surface area contributed by atoms with Gasteiger partial charge < -0.3 is 9.64 Å². The fourth-order valence-corrected chi connectivity index (χ4v) is 2.27. The Bertz CT molecular complexity index is 667. The fourth-order valence-electron chi connectivity index (χ4n) is 2.11. The number of carbonyl (C=O) groups excluding carboxylic acids is 1. The minimum atomic E-state index is -0.620. The molecule has 116 valence electrons. The van der Waals surface area contributed by atoms with Crippen LogP contribution in [0.1, 0.15) is 18.1 Å². The van der Waals surface area contributed by atoms with Gasteiger partial charge in [-0.05, 0) is 50.6 Å². The Morgan fingerprint density at radius 1 is 1.09 bits per heavy atom. The maximum absolute atomic E-state index is 12.5. The van der Waals surface area contributed by atoms with Gasteiger partial charge in [-0.3, -0.25) is 4.79 Å². The van der Waals surface area contributed by atoms with Crippen molar-refractivity contribution in [3.05, 3.63) is 58.6 Å². The van der Waals surface area contributed by atoms with E-state index in [1.807, 2.05) is 50.2 Å². The summed E-state index contributed by atoms with van der Waals surface area (Å²) in [7, 11) is 1.74. The van der Waals surface area contributed by atoms with Gasteiger partial charge in [0.05, 0.1) is 5.02 Å². The number of rotatable bonds is 4. The van der Waals surface area contributed by atoms with E-state index >= 15 is 0 Å². The average Bonchev–Trinajstić information content (AvgIpc) is 2.50. The molecule has 2 rings (SSSR count). The highest BCUT2D eigenvalue weighted by Crippen LogP contribution is 2.26. The van der Waals surface area contributed by atoms with Gasteiger partial charge in [0.2, 0.25) is 0 Å². The molecule has 4 heteroatoms. The molecular formula is C18H20ClNO2. The summed E-state index contributed by atoms with van der Waals surface area (Å²) in [5.74, 6) is 0.404. The van der Waals surface area contributed by atoms with E-state index in [2.05, 4.69) is 0 Å². The lowest BCUT2D eigenvalue weighted by Crippen LogP contribution is -2.38. The number of hydrogen-bond acceptors (Lipinski definition) is 2. The van der Waals surface area contributed by atoms with Crippen molar-refractivity contribution in [2.24, 2.45) is 0 Å². The van der Waals surface area contributed by atoms with Crippen LogP contribution in [0, 0.1) is 13.8 Å². The molecule has 0 spiro atoms. The number of anilines is 1. The van der Waals surface area contributed by atoms with Crippen molar-refractivity contribution in [2.75, 3.05) is 11.9 Å². The van der Waals surface area contributed by atoms with Crippen LogP contribution in [0.3, 0.4) is 0 Å². The highest BCUT2D eigenvalue weighted by molar-refractivity contribution is 6.32. The summed E-state index contributed by atoms with van der Waals surface area (Å²) in [5.41, 5.74) is 3.02.